The summed E-state index contributed by atoms with van der Waals surface area (Å²) in [6.07, 6.45) is 3.63. The zero-order chi connectivity index (χ0) is 14.7. The van der Waals surface area contributed by atoms with Crippen LogP contribution >= 0.6 is 11.8 Å². The number of nitro groups is 1. The Hall–Kier alpha value is -1.82. The number of anilines is 1. The summed E-state index contributed by atoms with van der Waals surface area (Å²) in [5.74, 6) is 0.975. The second-order valence-corrected chi connectivity index (χ2v) is 5.67. The van der Waals surface area contributed by atoms with Gasteiger partial charge in [0, 0.05) is 40.8 Å². The van der Waals surface area contributed by atoms with Crippen molar-refractivity contribution in [3.05, 3.63) is 40.2 Å². The van der Waals surface area contributed by atoms with Gasteiger partial charge in [-0.1, -0.05) is 0 Å². The van der Waals surface area contributed by atoms with Crippen molar-refractivity contribution in [2.75, 3.05) is 17.3 Å². The van der Waals surface area contributed by atoms with E-state index < -0.39 is 0 Å². The minimum Gasteiger partial charge on any atom is -0.381 e. The second kappa shape index (κ2) is 6.09. The predicted octanol–water partition coefficient (Wildman–Crippen LogP) is 3.61. The molecule has 0 bridgehead atoms. The molecular formula is C14H17N3O2S. The van der Waals surface area contributed by atoms with Gasteiger partial charge in [0.05, 0.1) is 10.3 Å². The lowest BCUT2D eigenvalue weighted by molar-refractivity contribution is -0.383. The van der Waals surface area contributed by atoms with Crippen LogP contribution in [0.5, 0.6) is 0 Å². The average Bonchev–Trinajstić information content (AvgIpc) is 2.39. The summed E-state index contributed by atoms with van der Waals surface area (Å²) in [6.45, 7) is 3.98. The standard InChI is InChI=1S/C14H17N3O2S/c1-9-6-11-12(7-15-9)14(17(18)19)5-4-13(11)16-10(2)8-20-3/h4-7,10,16H,8H2,1-3H3. The van der Waals surface area contributed by atoms with E-state index >= 15 is 0 Å². The number of nitrogens with zero attached hydrogens (tertiary/aromatic N) is 2. The molecule has 0 fully saturated rings. The molecule has 2 rings (SSSR count). The predicted molar refractivity (Wildman–Crippen MR) is 84.6 cm³/mol. The molecule has 1 unspecified atom stereocenters. The van der Waals surface area contributed by atoms with E-state index in [1.54, 1.807) is 24.0 Å². The summed E-state index contributed by atoms with van der Waals surface area (Å²) >= 11 is 1.76. The van der Waals surface area contributed by atoms with Crippen LogP contribution in [0.4, 0.5) is 11.4 Å². The van der Waals surface area contributed by atoms with Crippen LogP contribution in [-0.4, -0.2) is 28.0 Å². The summed E-state index contributed by atoms with van der Waals surface area (Å²) in [6, 6.07) is 5.49. The monoisotopic (exact) mass is 291 g/mol. The zero-order valence-corrected chi connectivity index (χ0v) is 12.5. The molecule has 0 saturated carbocycles. The Morgan fingerprint density at radius 1 is 1.45 bits per heavy atom. The molecular weight excluding hydrogens is 274 g/mol. The zero-order valence-electron chi connectivity index (χ0n) is 11.7. The Morgan fingerprint density at radius 3 is 2.85 bits per heavy atom. The fourth-order valence-electron chi connectivity index (χ4n) is 2.17. The van der Waals surface area contributed by atoms with Gasteiger partial charge < -0.3 is 5.32 Å². The molecule has 1 atom stereocenters. The van der Waals surface area contributed by atoms with Gasteiger partial charge in [-0.15, -0.1) is 0 Å². The minimum absolute atomic E-state index is 0.0931. The maximum absolute atomic E-state index is 11.1. The molecule has 2 aromatic rings. The first-order valence-corrected chi connectivity index (χ1v) is 7.71. The summed E-state index contributed by atoms with van der Waals surface area (Å²) in [7, 11) is 0. The highest BCUT2D eigenvalue weighted by molar-refractivity contribution is 7.98. The van der Waals surface area contributed by atoms with Gasteiger partial charge in [0.25, 0.3) is 5.69 Å². The maximum atomic E-state index is 11.1. The first-order chi connectivity index (χ1) is 9.52. The van der Waals surface area contributed by atoms with Gasteiger partial charge in [0.2, 0.25) is 0 Å². The topological polar surface area (TPSA) is 68.1 Å². The number of aryl methyl sites for hydroxylation is 1. The molecule has 0 radical (unpaired) electrons. The smallest absolute Gasteiger partial charge is 0.278 e. The lowest BCUT2D eigenvalue weighted by Gasteiger charge is -2.16. The minimum atomic E-state index is -0.367. The van der Waals surface area contributed by atoms with Crippen LogP contribution in [0.15, 0.2) is 24.4 Å². The SMILES string of the molecule is CSCC(C)Nc1ccc([N+](=O)[O-])c2cnc(C)cc12. The summed E-state index contributed by atoms with van der Waals surface area (Å²) < 4.78 is 0. The highest BCUT2D eigenvalue weighted by Crippen LogP contribution is 2.31. The van der Waals surface area contributed by atoms with Crippen molar-refractivity contribution in [3.8, 4) is 0 Å². The lowest BCUT2D eigenvalue weighted by atomic mass is 10.1. The fraction of sp³-hybridized carbons (Fsp3) is 0.357. The largest absolute Gasteiger partial charge is 0.381 e. The molecule has 1 aromatic carbocycles. The number of hydrogen-bond donors (Lipinski definition) is 1. The number of rotatable bonds is 5. The first kappa shape index (κ1) is 14.6. The van der Waals surface area contributed by atoms with Crippen molar-refractivity contribution in [1.29, 1.82) is 0 Å². The maximum Gasteiger partial charge on any atom is 0.278 e. The molecule has 0 spiro atoms. The molecule has 1 aromatic heterocycles. The van der Waals surface area contributed by atoms with Gasteiger partial charge in [-0.3, -0.25) is 15.1 Å². The van der Waals surface area contributed by atoms with E-state index in [0.29, 0.717) is 11.4 Å². The van der Waals surface area contributed by atoms with Gasteiger partial charge >= 0.3 is 0 Å². The van der Waals surface area contributed by atoms with Crippen molar-refractivity contribution in [3.63, 3.8) is 0 Å². The van der Waals surface area contributed by atoms with Crippen molar-refractivity contribution in [1.82, 2.24) is 4.98 Å². The number of fused-ring (bicyclic) bond motifs is 1. The molecule has 106 valence electrons. The van der Waals surface area contributed by atoms with Crippen LogP contribution in [0.25, 0.3) is 10.8 Å². The number of nitrogens with one attached hydrogen (secondary N) is 1. The Morgan fingerprint density at radius 2 is 2.20 bits per heavy atom. The van der Waals surface area contributed by atoms with Crippen molar-refractivity contribution in [2.45, 2.75) is 19.9 Å². The normalized spacial score (nSPS) is 12.3. The summed E-state index contributed by atoms with van der Waals surface area (Å²) in [4.78, 5) is 14.9. The van der Waals surface area contributed by atoms with Crippen molar-refractivity contribution < 1.29 is 4.92 Å². The van der Waals surface area contributed by atoms with E-state index in [-0.39, 0.29) is 10.6 Å². The van der Waals surface area contributed by atoms with Gasteiger partial charge in [0.1, 0.15) is 0 Å². The number of thioether (sulfide) groups is 1. The highest BCUT2D eigenvalue weighted by atomic mass is 32.2. The van der Waals surface area contributed by atoms with Crippen molar-refractivity contribution >= 4 is 33.9 Å². The molecule has 20 heavy (non-hydrogen) atoms. The summed E-state index contributed by atoms with van der Waals surface area (Å²) in [5.41, 5.74) is 1.85. The lowest BCUT2D eigenvalue weighted by Crippen LogP contribution is -2.17. The second-order valence-electron chi connectivity index (χ2n) is 4.76. The molecule has 1 heterocycles. The number of pyridine rings is 1. The van der Waals surface area contributed by atoms with Gasteiger partial charge in [-0.2, -0.15) is 11.8 Å². The van der Waals surface area contributed by atoms with E-state index in [4.69, 9.17) is 0 Å². The Bertz CT molecular complexity index is 646. The van der Waals surface area contributed by atoms with Gasteiger partial charge in [-0.25, -0.2) is 0 Å². The quantitative estimate of drug-likeness (QED) is 0.673. The molecule has 1 N–H and O–H groups in total. The van der Waals surface area contributed by atoms with Gasteiger partial charge in [-0.05, 0) is 32.2 Å². The first-order valence-electron chi connectivity index (χ1n) is 6.32. The van der Waals surface area contributed by atoms with E-state index in [1.807, 2.05) is 13.0 Å². The van der Waals surface area contributed by atoms with Crippen LogP contribution in [0.2, 0.25) is 0 Å². The molecule has 0 saturated heterocycles. The summed E-state index contributed by atoms with van der Waals surface area (Å²) in [5, 5.41) is 15.9. The third-order valence-corrected chi connectivity index (χ3v) is 3.86. The number of non-ortho nitro benzene ring substituents is 1. The molecule has 0 amide bonds. The molecule has 0 aliphatic rings. The average molecular weight is 291 g/mol. The Labute approximate surface area is 121 Å². The van der Waals surface area contributed by atoms with E-state index in [9.17, 15) is 10.1 Å². The van der Waals surface area contributed by atoms with Crippen LogP contribution in [-0.2, 0) is 0 Å². The van der Waals surface area contributed by atoms with Crippen LogP contribution in [0, 0.1) is 17.0 Å². The highest BCUT2D eigenvalue weighted by Gasteiger charge is 2.15. The number of benzene rings is 1. The molecule has 5 nitrogen and oxygen atoms in total. The fourth-order valence-corrected chi connectivity index (χ4v) is 2.75. The van der Waals surface area contributed by atoms with E-state index in [0.717, 1.165) is 22.5 Å². The Kier molecular flexibility index (Phi) is 4.44. The third-order valence-electron chi connectivity index (χ3n) is 3.03. The van der Waals surface area contributed by atoms with Crippen molar-refractivity contribution in [2.24, 2.45) is 0 Å². The molecule has 0 aliphatic carbocycles. The van der Waals surface area contributed by atoms with Crippen LogP contribution in [0.1, 0.15) is 12.6 Å². The molecule has 0 aliphatic heterocycles. The third kappa shape index (κ3) is 3.01. The molecule has 6 heteroatoms. The number of aromatic nitrogens is 1. The van der Waals surface area contributed by atoms with E-state index in [1.165, 1.54) is 6.07 Å². The van der Waals surface area contributed by atoms with Crippen LogP contribution < -0.4 is 5.32 Å². The number of hydrogen-bond acceptors (Lipinski definition) is 5. The van der Waals surface area contributed by atoms with Crippen LogP contribution in [0.3, 0.4) is 0 Å². The van der Waals surface area contributed by atoms with E-state index in [2.05, 4.69) is 23.5 Å². The van der Waals surface area contributed by atoms with Gasteiger partial charge in [0.15, 0.2) is 0 Å². The Balaban J connectivity index is 2.53. The number of nitro benzene ring substituents is 1.